The monoisotopic (exact) mass is 408 g/mol. The summed E-state index contributed by atoms with van der Waals surface area (Å²) in [5.41, 5.74) is 4.46. The summed E-state index contributed by atoms with van der Waals surface area (Å²) < 4.78 is 21.0. The number of hydrogen-bond acceptors (Lipinski definition) is 5. The van der Waals surface area contributed by atoms with Gasteiger partial charge in [0, 0.05) is 41.7 Å². The van der Waals surface area contributed by atoms with Gasteiger partial charge in [0.05, 0.1) is 24.6 Å². The number of rotatable bonds is 5. The van der Waals surface area contributed by atoms with Gasteiger partial charge in [-0.15, -0.1) is 0 Å². The molecule has 0 spiro atoms. The zero-order valence-corrected chi connectivity index (χ0v) is 17.1. The van der Waals surface area contributed by atoms with Gasteiger partial charge >= 0.3 is 5.16 Å². The lowest BCUT2D eigenvalue weighted by atomic mass is 10.1. The number of imidazole rings is 1. The van der Waals surface area contributed by atoms with Gasteiger partial charge in [-0.25, -0.2) is 9.55 Å². The van der Waals surface area contributed by atoms with E-state index in [0.717, 1.165) is 74.0 Å². The number of benzene rings is 1. The van der Waals surface area contributed by atoms with E-state index in [9.17, 15) is 4.55 Å². The highest BCUT2D eigenvalue weighted by Gasteiger charge is 2.30. The van der Waals surface area contributed by atoms with Gasteiger partial charge < -0.3 is 14.2 Å². The van der Waals surface area contributed by atoms with Crippen LogP contribution in [0.2, 0.25) is 0 Å². The molecule has 0 saturated carbocycles. The molecule has 6 nitrogen and oxygen atoms in total. The molecule has 29 heavy (non-hydrogen) atoms. The van der Waals surface area contributed by atoms with E-state index in [2.05, 4.69) is 22.0 Å². The molecule has 7 heteroatoms. The summed E-state index contributed by atoms with van der Waals surface area (Å²) in [6.07, 6.45) is 4.78. The van der Waals surface area contributed by atoms with E-state index in [1.54, 1.807) is 6.20 Å². The average molecular weight is 409 g/mol. The Kier molecular flexibility index (Phi) is 5.26. The van der Waals surface area contributed by atoms with Crippen LogP contribution < -0.4 is 4.90 Å². The highest BCUT2D eigenvalue weighted by Crippen LogP contribution is 2.31. The third kappa shape index (κ3) is 3.66. The van der Waals surface area contributed by atoms with Crippen LogP contribution in [0.15, 0.2) is 53.8 Å². The molecule has 1 fully saturated rings. The minimum Gasteiger partial charge on any atom is -0.609 e. The molecule has 2 aliphatic rings. The zero-order valence-electron chi connectivity index (χ0n) is 16.3. The number of aryl methyl sites for hydroxylation is 1. The van der Waals surface area contributed by atoms with Crippen LogP contribution in [-0.4, -0.2) is 45.4 Å². The fraction of sp³-hybridized carbons (Fsp3) is 0.364. The molecule has 1 atom stereocenters. The standard InChI is InChI=1S/C22H24N4O2S/c27-29(16-17-6-1-2-8-19(17)25-12-14-28-15-13-25)22-24-18-7-5-9-20(18)26(22)21-10-3-4-11-23-21/h1-4,6,8,10-11H,5,7,9,12-16H2. The molecule has 2 aromatic heterocycles. The van der Waals surface area contributed by atoms with Crippen molar-refractivity contribution in [2.45, 2.75) is 30.2 Å². The van der Waals surface area contributed by atoms with Gasteiger partial charge in [0.15, 0.2) is 0 Å². The van der Waals surface area contributed by atoms with Crippen molar-refractivity contribution >= 4 is 16.9 Å². The summed E-state index contributed by atoms with van der Waals surface area (Å²) in [5.74, 6) is 1.24. The smallest absolute Gasteiger partial charge is 0.329 e. The number of anilines is 1. The van der Waals surface area contributed by atoms with Crippen molar-refractivity contribution in [3.8, 4) is 5.82 Å². The van der Waals surface area contributed by atoms with Crippen LogP contribution in [0.5, 0.6) is 0 Å². The highest BCUT2D eigenvalue weighted by atomic mass is 32.2. The number of ether oxygens (including phenoxy) is 1. The second-order valence-electron chi connectivity index (χ2n) is 7.38. The predicted octanol–water partition coefficient (Wildman–Crippen LogP) is 2.90. The van der Waals surface area contributed by atoms with Crippen LogP contribution in [0.3, 0.4) is 0 Å². The summed E-state index contributed by atoms with van der Waals surface area (Å²) in [4.78, 5) is 11.6. The van der Waals surface area contributed by atoms with Crippen molar-refractivity contribution in [2.24, 2.45) is 0 Å². The second kappa shape index (κ2) is 8.18. The normalized spacial score (nSPS) is 17.3. The lowest BCUT2D eigenvalue weighted by Crippen LogP contribution is -2.36. The Morgan fingerprint density at radius 2 is 1.86 bits per heavy atom. The molecule has 5 rings (SSSR count). The van der Waals surface area contributed by atoms with Gasteiger partial charge in [-0.05, 0) is 37.5 Å². The number of pyridine rings is 1. The van der Waals surface area contributed by atoms with Gasteiger partial charge in [-0.1, -0.05) is 24.3 Å². The van der Waals surface area contributed by atoms with E-state index in [1.807, 2.05) is 34.9 Å². The summed E-state index contributed by atoms with van der Waals surface area (Å²) in [7, 11) is 0. The fourth-order valence-corrected chi connectivity index (χ4v) is 5.46. The Bertz CT molecular complexity index is 986. The van der Waals surface area contributed by atoms with Crippen LogP contribution in [-0.2, 0) is 34.5 Å². The maximum atomic E-state index is 13.5. The van der Waals surface area contributed by atoms with E-state index < -0.39 is 11.2 Å². The average Bonchev–Trinajstić information content (AvgIpc) is 3.37. The Morgan fingerprint density at radius 1 is 1.03 bits per heavy atom. The Balaban J connectivity index is 1.48. The van der Waals surface area contributed by atoms with Crippen LogP contribution in [0.4, 0.5) is 5.69 Å². The van der Waals surface area contributed by atoms with Gasteiger partial charge in [-0.2, -0.15) is 4.98 Å². The number of para-hydroxylation sites is 1. The summed E-state index contributed by atoms with van der Waals surface area (Å²) in [6.45, 7) is 3.18. The number of nitrogens with zero attached hydrogens (tertiary/aromatic N) is 4. The van der Waals surface area contributed by atoms with E-state index in [-0.39, 0.29) is 0 Å². The number of morpholine rings is 1. The van der Waals surface area contributed by atoms with E-state index in [0.29, 0.717) is 10.9 Å². The lowest BCUT2D eigenvalue weighted by molar-refractivity contribution is 0.122. The SMILES string of the molecule is [O-][S+](Cc1ccccc1N1CCOCC1)c1nc2c(n1-c1ccccn1)CCC2. The Morgan fingerprint density at radius 3 is 2.69 bits per heavy atom. The van der Waals surface area contributed by atoms with E-state index >= 15 is 0 Å². The van der Waals surface area contributed by atoms with Gasteiger partial charge in [-0.3, -0.25) is 0 Å². The molecular weight excluding hydrogens is 384 g/mol. The first-order chi connectivity index (χ1) is 14.3. The van der Waals surface area contributed by atoms with Crippen molar-refractivity contribution in [2.75, 3.05) is 31.2 Å². The molecule has 1 aliphatic carbocycles. The van der Waals surface area contributed by atoms with E-state index in [4.69, 9.17) is 9.72 Å². The van der Waals surface area contributed by atoms with Crippen LogP contribution >= 0.6 is 0 Å². The molecule has 1 unspecified atom stereocenters. The van der Waals surface area contributed by atoms with Gasteiger partial charge in [0.25, 0.3) is 0 Å². The lowest BCUT2D eigenvalue weighted by Gasteiger charge is -2.30. The Hall–Kier alpha value is -2.35. The molecule has 0 N–H and O–H groups in total. The molecule has 3 heterocycles. The van der Waals surface area contributed by atoms with Crippen molar-refractivity contribution < 1.29 is 9.29 Å². The molecule has 0 amide bonds. The third-order valence-corrected chi connectivity index (χ3v) is 6.82. The Labute approximate surface area is 173 Å². The maximum absolute atomic E-state index is 13.5. The zero-order chi connectivity index (χ0) is 19.6. The minimum atomic E-state index is -1.26. The first kappa shape index (κ1) is 18.7. The van der Waals surface area contributed by atoms with Crippen LogP contribution in [0, 0.1) is 0 Å². The summed E-state index contributed by atoms with van der Waals surface area (Å²) in [5, 5.41) is 0.616. The van der Waals surface area contributed by atoms with Gasteiger partial charge in [0.1, 0.15) is 11.6 Å². The number of fused-ring (bicyclic) bond motifs is 1. The molecule has 3 aromatic rings. The molecule has 1 saturated heterocycles. The van der Waals surface area contributed by atoms with Crippen molar-refractivity contribution in [1.29, 1.82) is 0 Å². The molecule has 0 radical (unpaired) electrons. The fourth-order valence-electron chi connectivity index (χ4n) is 4.18. The topological polar surface area (TPSA) is 66.2 Å². The van der Waals surface area contributed by atoms with Crippen LogP contribution in [0.1, 0.15) is 23.4 Å². The van der Waals surface area contributed by atoms with Crippen molar-refractivity contribution in [1.82, 2.24) is 14.5 Å². The minimum absolute atomic E-state index is 0.441. The summed E-state index contributed by atoms with van der Waals surface area (Å²) >= 11 is -1.26. The van der Waals surface area contributed by atoms with Crippen LogP contribution in [0.25, 0.3) is 5.82 Å². The number of hydrogen-bond donors (Lipinski definition) is 0. The first-order valence-electron chi connectivity index (χ1n) is 10.1. The van der Waals surface area contributed by atoms with Gasteiger partial charge in [0.2, 0.25) is 0 Å². The molecular formula is C22H24N4O2S. The molecule has 0 bridgehead atoms. The maximum Gasteiger partial charge on any atom is 0.329 e. The molecule has 1 aliphatic heterocycles. The highest BCUT2D eigenvalue weighted by molar-refractivity contribution is 7.90. The number of aromatic nitrogens is 3. The summed E-state index contributed by atoms with van der Waals surface area (Å²) in [6, 6.07) is 14.1. The quantitative estimate of drug-likeness (QED) is 0.608. The second-order valence-corrected chi connectivity index (χ2v) is 8.73. The predicted molar refractivity (Wildman–Crippen MR) is 113 cm³/mol. The molecule has 150 valence electrons. The van der Waals surface area contributed by atoms with Crippen molar-refractivity contribution in [3.63, 3.8) is 0 Å². The van der Waals surface area contributed by atoms with E-state index in [1.165, 1.54) is 0 Å². The first-order valence-corrected chi connectivity index (χ1v) is 11.4. The molecule has 1 aromatic carbocycles. The van der Waals surface area contributed by atoms with Crippen molar-refractivity contribution in [3.05, 3.63) is 65.6 Å². The third-order valence-electron chi connectivity index (χ3n) is 5.56. The largest absolute Gasteiger partial charge is 0.609 e.